The molecule has 0 radical (unpaired) electrons. The summed E-state index contributed by atoms with van der Waals surface area (Å²) in [6.45, 7) is 0.882. The van der Waals surface area contributed by atoms with E-state index in [4.69, 9.17) is 4.42 Å². The van der Waals surface area contributed by atoms with E-state index in [1.54, 1.807) is 35.2 Å². The van der Waals surface area contributed by atoms with E-state index in [0.29, 0.717) is 47.1 Å². The molecule has 1 aliphatic heterocycles. The van der Waals surface area contributed by atoms with E-state index in [-0.39, 0.29) is 28.7 Å². The topological polar surface area (TPSA) is 98.3 Å². The van der Waals surface area contributed by atoms with E-state index >= 15 is 0 Å². The maximum atomic E-state index is 12.8. The predicted octanol–water partition coefficient (Wildman–Crippen LogP) is 2.44. The first-order valence-electron chi connectivity index (χ1n) is 9.27. The molecule has 1 saturated heterocycles. The van der Waals surface area contributed by atoms with Crippen molar-refractivity contribution in [3.63, 3.8) is 0 Å². The molecule has 4 heterocycles. The molecule has 0 unspecified atom stereocenters. The van der Waals surface area contributed by atoms with E-state index in [9.17, 15) is 14.4 Å². The molecule has 1 aliphatic rings. The maximum Gasteiger partial charge on any atom is 0.289 e. The Kier molecular flexibility index (Phi) is 4.24. The molecule has 0 bridgehead atoms. The summed E-state index contributed by atoms with van der Waals surface area (Å²) in [5.41, 5.74) is 0.617. The molecular formula is C20H16N4O4S. The van der Waals surface area contributed by atoms with Crippen molar-refractivity contribution in [3.8, 4) is 0 Å². The number of rotatable bonds is 2. The fraction of sp³-hybridized carbons (Fsp3) is 0.250. The number of nitrogens with zero attached hydrogens (tertiary/aromatic N) is 4. The third-order valence-corrected chi connectivity index (χ3v) is 6.13. The lowest BCUT2D eigenvalue weighted by atomic mass is 10.0. The van der Waals surface area contributed by atoms with Crippen molar-refractivity contribution in [1.82, 2.24) is 19.9 Å². The number of para-hydroxylation sites is 1. The molecule has 0 atom stereocenters. The van der Waals surface area contributed by atoms with E-state index in [2.05, 4.69) is 10.3 Å². The number of fused-ring (bicyclic) bond motifs is 2. The Morgan fingerprint density at radius 3 is 2.76 bits per heavy atom. The normalized spacial score (nSPS) is 15.2. The molecular weight excluding hydrogens is 392 g/mol. The largest absolute Gasteiger partial charge is 0.451 e. The summed E-state index contributed by atoms with van der Waals surface area (Å²) in [5, 5.41) is 10.5. The lowest BCUT2D eigenvalue weighted by Crippen LogP contribution is -2.41. The molecule has 1 fully saturated rings. The van der Waals surface area contributed by atoms with Crippen LogP contribution in [0.5, 0.6) is 0 Å². The molecule has 146 valence electrons. The lowest BCUT2D eigenvalue weighted by molar-refractivity contribution is 0.0655. The second kappa shape index (κ2) is 6.93. The first-order valence-corrected chi connectivity index (χ1v) is 10.1. The van der Waals surface area contributed by atoms with Gasteiger partial charge in [-0.25, -0.2) is 4.68 Å². The van der Waals surface area contributed by atoms with Crippen LogP contribution < -0.4 is 11.0 Å². The summed E-state index contributed by atoms with van der Waals surface area (Å²) in [6.07, 6.45) is 1.16. The summed E-state index contributed by atoms with van der Waals surface area (Å²) >= 11 is 1.35. The molecule has 1 amide bonds. The Balaban J connectivity index is 1.36. The van der Waals surface area contributed by atoms with Crippen molar-refractivity contribution in [2.75, 3.05) is 13.1 Å². The van der Waals surface area contributed by atoms with Crippen LogP contribution in [0.3, 0.4) is 0 Å². The smallest absolute Gasteiger partial charge is 0.289 e. The van der Waals surface area contributed by atoms with Gasteiger partial charge in [0.1, 0.15) is 15.8 Å². The van der Waals surface area contributed by atoms with Gasteiger partial charge in [-0.2, -0.15) is 0 Å². The highest BCUT2D eigenvalue weighted by Crippen LogP contribution is 2.23. The summed E-state index contributed by atoms with van der Waals surface area (Å²) in [7, 11) is 0. The van der Waals surface area contributed by atoms with Gasteiger partial charge in [0.2, 0.25) is 0 Å². The number of benzene rings is 1. The average Bonchev–Trinajstić information content (AvgIpc) is 3.23. The minimum atomic E-state index is -0.321. The van der Waals surface area contributed by atoms with Crippen LogP contribution in [0.15, 0.2) is 55.8 Å². The second-order valence-corrected chi connectivity index (χ2v) is 7.88. The molecule has 1 aromatic carbocycles. The number of thiophene rings is 1. The van der Waals surface area contributed by atoms with Gasteiger partial charge in [-0.3, -0.25) is 14.4 Å². The second-order valence-electron chi connectivity index (χ2n) is 6.97. The summed E-state index contributed by atoms with van der Waals surface area (Å²) < 4.78 is 7.68. The molecule has 0 spiro atoms. The molecule has 3 aromatic heterocycles. The van der Waals surface area contributed by atoms with Crippen LogP contribution in [-0.2, 0) is 0 Å². The Labute approximate surface area is 168 Å². The Morgan fingerprint density at radius 1 is 1.14 bits per heavy atom. The third-order valence-electron chi connectivity index (χ3n) is 5.24. The zero-order valence-corrected chi connectivity index (χ0v) is 16.1. The average molecular weight is 408 g/mol. The Morgan fingerprint density at radius 2 is 1.93 bits per heavy atom. The highest BCUT2D eigenvalue weighted by atomic mass is 32.1. The number of aromatic nitrogens is 3. The monoisotopic (exact) mass is 408 g/mol. The Bertz CT molecular complexity index is 1350. The summed E-state index contributed by atoms with van der Waals surface area (Å²) in [4.78, 5) is 39.4. The van der Waals surface area contributed by atoms with Crippen LogP contribution in [0.2, 0.25) is 0 Å². The van der Waals surface area contributed by atoms with Gasteiger partial charge in [-0.05, 0) is 36.4 Å². The predicted molar refractivity (Wildman–Crippen MR) is 108 cm³/mol. The number of amides is 1. The minimum absolute atomic E-state index is 0.0316. The van der Waals surface area contributed by atoms with Crippen LogP contribution in [0, 0.1) is 0 Å². The van der Waals surface area contributed by atoms with Crippen LogP contribution in [0.1, 0.15) is 29.4 Å². The zero-order valence-electron chi connectivity index (χ0n) is 15.3. The number of likely N-dealkylation sites (tertiary alicyclic amines) is 1. The molecule has 9 heteroatoms. The molecule has 29 heavy (non-hydrogen) atoms. The molecule has 5 rings (SSSR count). The van der Waals surface area contributed by atoms with Gasteiger partial charge in [0.25, 0.3) is 11.5 Å². The van der Waals surface area contributed by atoms with E-state index < -0.39 is 0 Å². The first kappa shape index (κ1) is 17.7. The van der Waals surface area contributed by atoms with Gasteiger partial charge in [0.05, 0.1) is 11.4 Å². The van der Waals surface area contributed by atoms with E-state index in [1.807, 2.05) is 5.38 Å². The van der Waals surface area contributed by atoms with Gasteiger partial charge < -0.3 is 9.32 Å². The summed E-state index contributed by atoms with van der Waals surface area (Å²) in [6, 6.07) is 9.76. The number of carbonyl (C=O) groups excluding carboxylic acids is 1. The quantitative estimate of drug-likeness (QED) is 0.505. The maximum absolute atomic E-state index is 12.8. The highest BCUT2D eigenvalue weighted by molar-refractivity contribution is 7.17. The fourth-order valence-corrected chi connectivity index (χ4v) is 4.46. The number of hydrogen-bond donors (Lipinski definition) is 0. The van der Waals surface area contributed by atoms with Gasteiger partial charge in [-0.15, -0.1) is 16.4 Å². The third kappa shape index (κ3) is 3.03. The van der Waals surface area contributed by atoms with E-state index in [1.165, 1.54) is 22.1 Å². The highest BCUT2D eigenvalue weighted by Gasteiger charge is 2.28. The number of carbonyl (C=O) groups is 1. The lowest BCUT2D eigenvalue weighted by Gasteiger charge is -2.31. The molecule has 8 nitrogen and oxygen atoms in total. The van der Waals surface area contributed by atoms with Gasteiger partial charge in [-0.1, -0.05) is 17.3 Å². The van der Waals surface area contributed by atoms with E-state index in [0.717, 1.165) is 0 Å². The fourth-order valence-electron chi connectivity index (χ4n) is 3.70. The van der Waals surface area contributed by atoms with Gasteiger partial charge in [0, 0.05) is 19.2 Å². The van der Waals surface area contributed by atoms with Gasteiger partial charge in [0.15, 0.2) is 11.2 Å². The van der Waals surface area contributed by atoms with Crippen molar-refractivity contribution in [1.29, 1.82) is 0 Å². The molecule has 0 aliphatic carbocycles. The van der Waals surface area contributed by atoms with Crippen molar-refractivity contribution < 1.29 is 9.21 Å². The SMILES string of the molecule is O=C(c1cc(=O)c2ccccc2o1)N1CCC(n2nnc3ccsc3c2=O)CC1. The zero-order chi connectivity index (χ0) is 20.0. The van der Waals surface area contributed by atoms with Crippen LogP contribution in [-0.4, -0.2) is 38.9 Å². The van der Waals surface area contributed by atoms with Crippen molar-refractivity contribution in [3.05, 3.63) is 68.1 Å². The Hall–Kier alpha value is -3.33. The van der Waals surface area contributed by atoms with Crippen LogP contribution >= 0.6 is 11.3 Å². The van der Waals surface area contributed by atoms with Crippen molar-refractivity contribution >= 4 is 38.4 Å². The summed E-state index contributed by atoms with van der Waals surface area (Å²) in [5.74, 6) is -0.289. The van der Waals surface area contributed by atoms with Gasteiger partial charge >= 0.3 is 0 Å². The van der Waals surface area contributed by atoms with Crippen molar-refractivity contribution in [2.45, 2.75) is 18.9 Å². The first-order chi connectivity index (χ1) is 14.1. The molecule has 4 aromatic rings. The van der Waals surface area contributed by atoms with Crippen LogP contribution in [0.25, 0.3) is 21.2 Å². The van der Waals surface area contributed by atoms with Crippen molar-refractivity contribution in [2.24, 2.45) is 0 Å². The number of piperidine rings is 1. The standard InChI is InChI=1S/C20H16N4O4S/c25-15-11-17(28-16-4-2-1-3-13(15)16)19(26)23-8-5-12(6-9-23)24-20(27)18-14(21-22-24)7-10-29-18/h1-4,7,10-12H,5-6,8-9H2. The molecule has 0 N–H and O–H groups in total. The minimum Gasteiger partial charge on any atom is -0.451 e. The number of hydrogen-bond acceptors (Lipinski definition) is 7. The molecule has 0 saturated carbocycles. The van der Waals surface area contributed by atoms with Crippen LogP contribution in [0.4, 0.5) is 0 Å².